The van der Waals surface area contributed by atoms with E-state index in [9.17, 15) is 0 Å². The molecule has 1 aromatic rings. The van der Waals surface area contributed by atoms with E-state index in [0.29, 0.717) is 6.04 Å². The molecule has 20 heavy (non-hydrogen) atoms. The molecule has 1 aromatic carbocycles. The van der Waals surface area contributed by atoms with Gasteiger partial charge in [0.1, 0.15) is 0 Å². The van der Waals surface area contributed by atoms with Crippen LogP contribution in [-0.2, 0) is 5.75 Å². The fraction of sp³-hybridized carbons (Fsp3) is 0.647. The van der Waals surface area contributed by atoms with Crippen molar-refractivity contribution in [2.45, 2.75) is 50.8 Å². The lowest BCUT2D eigenvalue weighted by atomic mass is 10.00. The summed E-state index contributed by atoms with van der Waals surface area (Å²) in [5.74, 6) is 3.12. The molecule has 0 spiro atoms. The van der Waals surface area contributed by atoms with Gasteiger partial charge in [0.25, 0.3) is 0 Å². The maximum Gasteiger partial charge on any atom is 0.0446 e. The van der Waals surface area contributed by atoms with Crippen LogP contribution >= 0.6 is 23.4 Å². The van der Waals surface area contributed by atoms with Crippen molar-refractivity contribution >= 4 is 23.4 Å². The van der Waals surface area contributed by atoms with E-state index in [0.717, 1.165) is 23.2 Å². The van der Waals surface area contributed by atoms with Crippen molar-refractivity contribution < 1.29 is 0 Å². The number of hydrogen-bond acceptors (Lipinski definition) is 2. The van der Waals surface area contributed by atoms with Crippen molar-refractivity contribution in [2.75, 3.05) is 12.3 Å². The zero-order chi connectivity index (χ0) is 14.2. The third kappa shape index (κ3) is 4.98. The highest BCUT2D eigenvalue weighted by atomic mass is 35.5. The van der Waals surface area contributed by atoms with Crippen molar-refractivity contribution in [1.82, 2.24) is 5.32 Å². The summed E-state index contributed by atoms with van der Waals surface area (Å²) in [6.45, 7) is 3.39. The number of hydrogen-bond donors (Lipinski definition) is 1. The molecule has 0 saturated heterocycles. The summed E-state index contributed by atoms with van der Waals surface area (Å²) >= 11 is 8.24. The first-order valence-corrected chi connectivity index (χ1v) is 9.39. The predicted molar refractivity (Wildman–Crippen MR) is 91.7 cm³/mol. The van der Waals surface area contributed by atoms with Gasteiger partial charge in [-0.1, -0.05) is 49.6 Å². The number of halogens is 1. The Morgan fingerprint density at radius 1 is 1.30 bits per heavy atom. The van der Waals surface area contributed by atoms with Crippen LogP contribution in [0.15, 0.2) is 24.3 Å². The Hall–Kier alpha value is -0.180. The lowest BCUT2D eigenvalue weighted by Crippen LogP contribution is -2.37. The Kier molecular flexibility index (Phi) is 7.26. The average Bonchev–Trinajstić information content (AvgIpc) is 2.98. The van der Waals surface area contributed by atoms with Crippen LogP contribution in [0.2, 0.25) is 5.02 Å². The summed E-state index contributed by atoms with van der Waals surface area (Å²) in [5, 5.41) is 4.66. The normalized spacial score (nSPS) is 17.5. The smallest absolute Gasteiger partial charge is 0.0446 e. The van der Waals surface area contributed by atoms with E-state index >= 15 is 0 Å². The molecule has 1 N–H and O–H groups in total. The lowest BCUT2D eigenvalue weighted by Gasteiger charge is -2.24. The van der Waals surface area contributed by atoms with Gasteiger partial charge in [0.2, 0.25) is 0 Å². The minimum absolute atomic E-state index is 0.685. The van der Waals surface area contributed by atoms with E-state index < -0.39 is 0 Å². The van der Waals surface area contributed by atoms with Gasteiger partial charge in [0.05, 0.1) is 0 Å². The predicted octanol–water partition coefficient (Wildman–Crippen LogP) is 5.13. The summed E-state index contributed by atoms with van der Waals surface area (Å²) in [6, 6.07) is 8.89. The molecule has 1 fully saturated rings. The van der Waals surface area contributed by atoms with E-state index in [1.165, 1.54) is 43.4 Å². The number of benzene rings is 1. The highest BCUT2D eigenvalue weighted by Crippen LogP contribution is 2.30. The van der Waals surface area contributed by atoms with Gasteiger partial charge in [0.15, 0.2) is 0 Å². The molecule has 3 heteroatoms. The van der Waals surface area contributed by atoms with Crippen LogP contribution in [-0.4, -0.2) is 18.3 Å². The fourth-order valence-corrected chi connectivity index (χ4v) is 4.48. The van der Waals surface area contributed by atoms with Gasteiger partial charge in [0, 0.05) is 22.6 Å². The molecule has 0 heterocycles. The van der Waals surface area contributed by atoms with Crippen LogP contribution in [0.1, 0.15) is 44.6 Å². The van der Waals surface area contributed by atoms with Crippen molar-refractivity contribution in [3.8, 4) is 0 Å². The van der Waals surface area contributed by atoms with E-state index in [4.69, 9.17) is 11.6 Å². The zero-order valence-electron chi connectivity index (χ0n) is 12.4. The third-order valence-electron chi connectivity index (χ3n) is 4.14. The van der Waals surface area contributed by atoms with E-state index in [1.807, 2.05) is 23.9 Å². The number of thioether (sulfide) groups is 1. The summed E-state index contributed by atoms with van der Waals surface area (Å²) in [4.78, 5) is 0. The summed E-state index contributed by atoms with van der Waals surface area (Å²) in [5.41, 5.74) is 1.26. The monoisotopic (exact) mass is 311 g/mol. The number of nitrogens with one attached hydrogen (secondary N) is 1. The molecular formula is C17H26ClNS. The van der Waals surface area contributed by atoms with Crippen molar-refractivity contribution in [3.05, 3.63) is 34.9 Å². The van der Waals surface area contributed by atoms with Crippen LogP contribution in [0.3, 0.4) is 0 Å². The lowest BCUT2D eigenvalue weighted by molar-refractivity contribution is 0.388. The maximum atomic E-state index is 6.22. The van der Waals surface area contributed by atoms with Crippen molar-refractivity contribution in [1.29, 1.82) is 0 Å². The molecule has 1 aliphatic rings. The molecule has 2 rings (SSSR count). The first kappa shape index (κ1) is 16.2. The van der Waals surface area contributed by atoms with Crippen LogP contribution in [0.4, 0.5) is 0 Å². The highest BCUT2D eigenvalue weighted by molar-refractivity contribution is 7.98. The Morgan fingerprint density at radius 3 is 2.75 bits per heavy atom. The van der Waals surface area contributed by atoms with Crippen molar-refractivity contribution in [2.24, 2.45) is 5.92 Å². The maximum absolute atomic E-state index is 6.22. The minimum atomic E-state index is 0.685. The molecule has 0 aliphatic heterocycles. The van der Waals surface area contributed by atoms with E-state index in [2.05, 4.69) is 24.4 Å². The van der Waals surface area contributed by atoms with E-state index in [1.54, 1.807) is 0 Å². The topological polar surface area (TPSA) is 12.0 Å². The molecule has 0 amide bonds. The molecule has 1 unspecified atom stereocenters. The molecule has 1 atom stereocenters. The van der Waals surface area contributed by atoms with Crippen LogP contribution < -0.4 is 5.32 Å². The van der Waals surface area contributed by atoms with Gasteiger partial charge >= 0.3 is 0 Å². The third-order valence-corrected chi connectivity index (χ3v) is 5.62. The molecule has 112 valence electrons. The molecule has 0 radical (unpaired) electrons. The summed E-state index contributed by atoms with van der Waals surface area (Å²) < 4.78 is 0. The zero-order valence-corrected chi connectivity index (χ0v) is 14.0. The summed E-state index contributed by atoms with van der Waals surface area (Å²) in [6.07, 6.45) is 6.88. The Bertz CT molecular complexity index is 390. The Morgan fingerprint density at radius 2 is 2.05 bits per heavy atom. The number of rotatable bonds is 8. The van der Waals surface area contributed by atoms with Crippen LogP contribution in [0.5, 0.6) is 0 Å². The van der Waals surface area contributed by atoms with Gasteiger partial charge in [-0.3, -0.25) is 0 Å². The minimum Gasteiger partial charge on any atom is -0.313 e. The van der Waals surface area contributed by atoms with Crippen LogP contribution in [0, 0.1) is 5.92 Å². The first-order chi connectivity index (χ1) is 9.81. The summed E-state index contributed by atoms with van der Waals surface area (Å²) in [7, 11) is 0. The largest absolute Gasteiger partial charge is 0.313 e. The molecular weight excluding hydrogens is 286 g/mol. The highest BCUT2D eigenvalue weighted by Gasteiger charge is 2.24. The molecule has 0 aromatic heterocycles. The van der Waals surface area contributed by atoms with E-state index in [-0.39, 0.29) is 0 Å². The Labute approximate surface area is 132 Å². The van der Waals surface area contributed by atoms with Crippen LogP contribution in [0.25, 0.3) is 0 Å². The second-order valence-corrected chi connectivity index (χ2v) is 7.15. The van der Waals surface area contributed by atoms with Gasteiger partial charge < -0.3 is 5.32 Å². The molecule has 1 saturated carbocycles. The fourth-order valence-electron chi connectivity index (χ4n) is 2.96. The Balaban J connectivity index is 1.80. The molecule has 0 bridgehead atoms. The SMILES string of the molecule is CCCNC(CSCc1ccccc1Cl)C1CCCC1. The van der Waals surface area contributed by atoms with Gasteiger partial charge in [-0.2, -0.15) is 11.8 Å². The second kappa shape index (κ2) is 8.96. The quantitative estimate of drug-likeness (QED) is 0.714. The first-order valence-electron chi connectivity index (χ1n) is 7.85. The second-order valence-electron chi connectivity index (χ2n) is 5.71. The molecule has 1 nitrogen and oxygen atoms in total. The standard InChI is InChI=1S/C17H26ClNS/c1-2-11-19-17(14-7-3-4-8-14)13-20-12-15-9-5-6-10-16(15)18/h5-6,9-10,14,17,19H,2-4,7-8,11-13H2,1H3. The van der Waals surface area contributed by atoms with Gasteiger partial charge in [-0.15, -0.1) is 0 Å². The van der Waals surface area contributed by atoms with Crippen molar-refractivity contribution in [3.63, 3.8) is 0 Å². The molecule has 1 aliphatic carbocycles. The van der Waals surface area contributed by atoms with Gasteiger partial charge in [-0.05, 0) is 43.4 Å². The average molecular weight is 312 g/mol. The van der Waals surface area contributed by atoms with Gasteiger partial charge in [-0.25, -0.2) is 0 Å².